The fraction of sp³-hybridized carbons (Fsp3) is 0.333. The van der Waals surface area contributed by atoms with Crippen LogP contribution >= 0.6 is 0 Å². The summed E-state index contributed by atoms with van der Waals surface area (Å²) in [6.07, 6.45) is 0. The van der Waals surface area contributed by atoms with Gasteiger partial charge in [0, 0.05) is 19.7 Å². The fourth-order valence-corrected chi connectivity index (χ4v) is 2.17. The van der Waals surface area contributed by atoms with Crippen molar-refractivity contribution in [3.63, 3.8) is 0 Å². The molecule has 8 heteroatoms. The number of aryl methyl sites for hydroxylation is 2. The number of nitrogens with zero attached hydrogens (tertiary/aromatic N) is 3. The molecular weight excluding hydrogens is 266 g/mol. The van der Waals surface area contributed by atoms with Gasteiger partial charge in [0.2, 0.25) is 0 Å². The number of fused-ring (bicyclic) bond motifs is 1. The number of esters is 1. The van der Waals surface area contributed by atoms with Crippen molar-refractivity contribution >= 4 is 22.7 Å². The van der Waals surface area contributed by atoms with E-state index in [0.717, 1.165) is 7.11 Å². The lowest BCUT2D eigenvalue weighted by Crippen LogP contribution is -2.21. The Balaban J connectivity index is 2.93. The number of methoxy groups -OCH3 is 1. The predicted octanol–water partition coefficient (Wildman–Crippen LogP) is 1.05. The van der Waals surface area contributed by atoms with Crippen molar-refractivity contribution < 1.29 is 14.5 Å². The Hall–Kier alpha value is -2.64. The molecule has 0 atom stereocenters. The van der Waals surface area contributed by atoms with Gasteiger partial charge in [-0.05, 0) is 13.0 Å². The van der Waals surface area contributed by atoms with Gasteiger partial charge >= 0.3 is 11.7 Å². The Morgan fingerprint density at radius 2 is 2.05 bits per heavy atom. The molecule has 0 aliphatic rings. The molecule has 2 rings (SSSR count). The van der Waals surface area contributed by atoms with Crippen LogP contribution in [-0.2, 0) is 18.3 Å². The van der Waals surface area contributed by atoms with Gasteiger partial charge in [0.15, 0.2) is 0 Å². The van der Waals surface area contributed by atoms with Gasteiger partial charge in [-0.25, -0.2) is 9.59 Å². The number of benzene rings is 1. The first-order valence-electron chi connectivity index (χ1n) is 5.88. The Morgan fingerprint density at radius 3 is 2.55 bits per heavy atom. The van der Waals surface area contributed by atoms with E-state index >= 15 is 0 Å². The summed E-state index contributed by atoms with van der Waals surface area (Å²) in [5.41, 5.74) is 0.0204. The third-order valence-electron chi connectivity index (χ3n) is 3.18. The van der Waals surface area contributed by atoms with Gasteiger partial charge in [-0.2, -0.15) is 0 Å². The quantitative estimate of drug-likeness (QED) is 0.475. The zero-order valence-corrected chi connectivity index (χ0v) is 11.2. The second-order valence-electron chi connectivity index (χ2n) is 4.19. The molecule has 0 unspecified atom stereocenters. The Labute approximate surface area is 113 Å². The first-order valence-corrected chi connectivity index (χ1v) is 5.88. The minimum Gasteiger partial charge on any atom is -0.465 e. The zero-order chi connectivity index (χ0) is 15.0. The molecular formula is C12H13N3O5. The number of hydrogen-bond acceptors (Lipinski definition) is 5. The Bertz CT molecular complexity index is 771. The highest BCUT2D eigenvalue weighted by Crippen LogP contribution is 2.26. The monoisotopic (exact) mass is 279 g/mol. The van der Waals surface area contributed by atoms with Gasteiger partial charge < -0.3 is 4.74 Å². The maximum absolute atomic E-state index is 12.0. The molecule has 8 nitrogen and oxygen atoms in total. The average molecular weight is 279 g/mol. The summed E-state index contributed by atoms with van der Waals surface area (Å²) in [5, 5.41) is 11.1. The van der Waals surface area contributed by atoms with Gasteiger partial charge in [-0.1, -0.05) is 0 Å². The molecule has 0 radical (unpaired) electrons. The molecule has 0 N–H and O–H groups in total. The van der Waals surface area contributed by atoms with Crippen molar-refractivity contribution in [2.45, 2.75) is 13.5 Å². The standard InChI is InChI=1S/C12H13N3O5/c1-4-14-10-5-7(11(16)20-3)8(15(18)19)6-9(10)13(2)12(14)17/h5-6H,4H2,1-3H3. The van der Waals surface area contributed by atoms with Crippen LogP contribution in [0.1, 0.15) is 17.3 Å². The number of imidazole rings is 1. The number of rotatable bonds is 3. The first-order chi connectivity index (χ1) is 9.42. The molecule has 2 aromatic rings. The largest absolute Gasteiger partial charge is 0.465 e. The van der Waals surface area contributed by atoms with Crippen molar-refractivity contribution in [1.29, 1.82) is 0 Å². The maximum Gasteiger partial charge on any atom is 0.344 e. The van der Waals surface area contributed by atoms with Crippen molar-refractivity contribution in [1.82, 2.24) is 9.13 Å². The van der Waals surface area contributed by atoms with E-state index in [2.05, 4.69) is 4.74 Å². The molecule has 0 aliphatic heterocycles. The van der Waals surface area contributed by atoms with Crippen LogP contribution in [0.15, 0.2) is 16.9 Å². The normalized spacial score (nSPS) is 10.8. The number of aromatic nitrogens is 2. The van der Waals surface area contributed by atoms with Crippen LogP contribution < -0.4 is 5.69 Å². The Morgan fingerprint density at radius 1 is 1.40 bits per heavy atom. The molecule has 0 saturated carbocycles. The van der Waals surface area contributed by atoms with Crippen LogP contribution in [0.2, 0.25) is 0 Å². The van der Waals surface area contributed by atoms with E-state index in [-0.39, 0.29) is 16.9 Å². The minimum absolute atomic E-state index is 0.169. The molecule has 1 aromatic heterocycles. The van der Waals surface area contributed by atoms with E-state index in [9.17, 15) is 19.7 Å². The molecule has 0 spiro atoms. The number of hydrogen-bond donors (Lipinski definition) is 0. The first kappa shape index (κ1) is 13.8. The maximum atomic E-state index is 12.0. The van der Waals surface area contributed by atoms with E-state index in [1.807, 2.05) is 0 Å². The highest BCUT2D eigenvalue weighted by Gasteiger charge is 2.24. The van der Waals surface area contributed by atoms with Gasteiger partial charge in [0.25, 0.3) is 5.69 Å². The van der Waals surface area contributed by atoms with Crippen LogP contribution in [-0.4, -0.2) is 27.1 Å². The summed E-state index contributed by atoms with van der Waals surface area (Å²) in [7, 11) is 2.67. The third-order valence-corrected chi connectivity index (χ3v) is 3.18. The number of carbonyl (C=O) groups is 1. The van der Waals surface area contributed by atoms with Crippen LogP contribution in [0.5, 0.6) is 0 Å². The van der Waals surface area contributed by atoms with Crippen molar-refractivity contribution in [3.05, 3.63) is 38.3 Å². The Kier molecular flexibility index (Phi) is 3.31. The summed E-state index contributed by atoms with van der Waals surface area (Å²) < 4.78 is 7.30. The number of ether oxygens (including phenoxy) is 1. The second kappa shape index (κ2) is 4.80. The van der Waals surface area contributed by atoms with E-state index in [1.165, 1.54) is 28.3 Å². The molecule has 20 heavy (non-hydrogen) atoms. The second-order valence-corrected chi connectivity index (χ2v) is 4.19. The molecule has 0 bridgehead atoms. The molecule has 106 valence electrons. The third kappa shape index (κ3) is 1.85. The van der Waals surface area contributed by atoms with Crippen LogP contribution in [0.25, 0.3) is 11.0 Å². The lowest BCUT2D eigenvalue weighted by atomic mass is 10.1. The highest BCUT2D eigenvalue weighted by atomic mass is 16.6. The van der Waals surface area contributed by atoms with E-state index in [4.69, 9.17) is 0 Å². The summed E-state index contributed by atoms with van der Waals surface area (Å²) in [5.74, 6) is -0.808. The summed E-state index contributed by atoms with van der Waals surface area (Å²) >= 11 is 0. The van der Waals surface area contributed by atoms with Gasteiger partial charge in [-0.3, -0.25) is 19.2 Å². The van der Waals surface area contributed by atoms with Crippen molar-refractivity contribution in [2.24, 2.45) is 7.05 Å². The highest BCUT2D eigenvalue weighted by molar-refractivity contribution is 5.98. The molecule has 1 aromatic carbocycles. The van der Waals surface area contributed by atoms with Gasteiger partial charge in [-0.15, -0.1) is 0 Å². The molecule has 0 amide bonds. The lowest BCUT2D eigenvalue weighted by molar-refractivity contribution is -0.385. The molecule has 0 saturated heterocycles. The fourth-order valence-electron chi connectivity index (χ4n) is 2.17. The summed E-state index contributed by atoms with van der Waals surface area (Å²) in [6, 6.07) is 2.54. The van der Waals surface area contributed by atoms with Gasteiger partial charge in [0.1, 0.15) is 5.56 Å². The molecule has 0 fully saturated rings. The molecule has 0 aliphatic carbocycles. The van der Waals surface area contributed by atoms with E-state index in [0.29, 0.717) is 17.6 Å². The van der Waals surface area contributed by atoms with Crippen LogP contribution in [0.4, 0.5) is 5.69 Å². The van der Waals surface area contributed by atoms with E-state index in [1.54, 1.807) is 6.92 Å². The van der Waals surface area contributed by atoms with E-state index < -0.39 is 10.9 Å². The topological polar surface area (TPSA) is 96.4 Å². The van der Waals surface area contributed by atoms with Crippen molar-refractivity contribution in [2.75, 3.05) is 7.11 Å². The smallest absolute Gasteiger partial charge is 0.344 e. The molecule has 1 heterocycles. The number of nitro benzene ring substituents is 1. The van der Waals surface area contributed by atoms with Crippen molar-refractivity contribution in [3.8, 4) is 0 Å². The zero-order valence-electron chi connectivity index (χ0n) is 11.2. The number of carbonyl (C=O) groups excluding carboxylic acids is 1. The summed E-state index contributed by atoms with van der Waals surface area (Å²) in [4.78, 5) is 34.0. The average Bonchev–Trinajstić information content (AvgIpc) is 2.68. The van der Waals surface area contributed by atoms with Crippen LogP contribution in [0, 0.1) is 10.1 Å². The lowest BCUT2D eigenvalue weighted by Gasteiger charge is -2.03. The summed E-state index contributed by atoms with van der Waals surface area (Å²) in [6.45, 7) is 2.18. The van der Waals surface area contributed by atoms with Crippen LogP contribution in [0.3, 0.4) is 0 Å². The van der Waals surface area contributed by atoms with Gasteiger partial charge in [0.05, 0.1) is 23.1 Å². The minimum atomic E-state index is -0.808. The SMILES string of the molecule is CCn1c(=O)n(C)c2cc([N+](=O)[O-])c(C(=O)OC)cc21. The predicted molar refractivity (Wildman–Crippen MR) is 70.8 cm³/mol. The number of nitro groups is 1.